The molecule has 0 bridgehead atoms. The van der Waals surface area contributed by atoms with Crippen molar-refractivity contribution in [2.24, 2.45) is 0 Å². The van der Waals surface area contributed by atoms with Crippen LogP contribution in [-0.2, 0) is 4.74 Å². The molecular weight excluding hydrogens is 316 g/mol. The van der Waals surface area contributed by atoms with Crippen LogP contribution in [0.3, 0.4) is 0 Å². The summed E-state index contributed by atoms with van der Waals surface area (Å²) in [5, 5.41) is 0. The number of H-pyrrole nitrogens is 1. The quantitative estimate of drug-likeness (QED) is 0.931. The maximum absolute atomic E-state index is 12.7. The van der Waals surface area contributed by atoms with Crippen LogP contribution in [0.4, 0.5) is 0 Å². The van der Waals surface area contributed by atoms with Crippen LogP contribution in [-0.4, -0.2) is 41.6 Å². The molecule has 1 N–H and O–H groups in total. The minimum Gasteiger partial charge on any atom is -0.378 e. The molecule has 0 unspecified atom stereocenters. The zero-order chi connectivity index (χ0) is 17.8. The third-order valence-electron chi connectivity index (χ3n) is 4.60. The number of aromatic nitrogens is 1. The van der Waals surface area contributed by atoms with Crippen molar-refractivity contribution in [1.29, 1.82) is 0 Å². The average Bonchev–Trinajstić information content (AvgIpc) is 2.62. The highest BCUT2D eigenvalue weighted by Gasteiger charge is 2.25. The first kappa shape index (κ1) is 17.4. The van der Waals surface area contributed by atoms with Crippen LogP contribution < -0.4 is 5.56 Å². The van der Waals surface area contributed by atoms with Gasteiger partial charge in [-0.15, -0.1) is 0 Å². The number of carbonyl (C=O) groups is 1. The Balaban J connectivity index is 1.75. The van der Waals surface area contributed by atoms with E-state index in [1.807, 2.05) is 38.1 Å². The standard InChI is InChI=1S/C20H24N2O3/c1-3-25-16-9-11-22(12-10-16)20(24)17-7-8-18(21-19(17)23)15-6-4-5-14(2)13-15/h4-8,13,16H,3,9-12H2,1-2H3,(H,21,23). The minimum absolute atomic E-state index is 0.200. The summed E-state index contributed by atoms with van der Waals surface area (Å²) >= 11 is 0. The summed E-state index contributed by atoms with van der Waals surface area (Å²) in [7, 11) is 0. The van der Waals surface area contributed by atoms with Gasteiger partial charge >= 0.3 is 0 Å². The van der Waals surface area contributed by atoms with Gasteiger partial charge in [0.2, 0.25) is 0 Å². The van der Waals surface area contributed by atoms with Gasteiger partial charge < -0.3 is 14.6 Å². The number of carbonyl (C=O) groups excluding carboxylic acids is 1. The number of aryl methyl sites for hydroxylation is 1. The van der Waals surface area contributed by atoms with Crippen LogP contribution in [0, 0.1) is 6.92 Å². The lowest BCUT2D eigenvalue weighted by molar-refractivity contribution is 0.0145. The molecule has 1 aliphatic heterocycles. The van der Waals surface area contributed by atoms with E-state index in [0.717, 1.165) is 29.7 Å². The second-order valence-electron chi connectivity index (χ2n) is 6.43. The number of benzene rings is 1. The van der Waals surface area contributed by atoms with Crippen molar-refractivity contribution < 1.29 is 9.53 Å². The number of piperidine rings is 1. The highest BCUT2D eigenvalue weighted by atomic mass is 16.5. The molecule has 0 aliphatic carbocycles. The van der Waals surface area contributed by atoms with E-state index in [0.29, 0.717) is 19.7 Å². The van der Waals surface area contributed by atoms with E-state index < -0.39 is 0 Å². The summed E-state index contributed by atoms with van der Waals surface area (Å²) < 4.78 is 5.61. The van der Waals surface area contributed by atoms with Gasteiger partial charge in [-0.2, -0.15) is 0 Å². The van der Waals surface area contributed by atoms with Gasteiger partial charge in [0, 0.05) is 25.4 Å². The molecule has 2 aromatic rings. The number of nitrogens with zero attached hydrogens (tertiary/aromatic N) is 1. The molecule has 1 aromatic heterocycles. The fourth-order valence-corrected chi connectivity index (χ4v) is 3.25. The molecule has 25 heavy (non-hydrogen) atoms. The Bertz CT molecular complexity index is 805. The fourth-order valence-electron chi connectivity index (χ4n) is 3.25. The van der Waals surface area contributed by atoms with E-state index >= 15 is 0 Å². The first-order chi connectivity index (χ1) is 12.1. The van der Waals surface area contributed by atoms with E-state index in [4.69, 9.17) is 4.74 Å². The molecule has 3 rings (SSSR count). The smallest absolute Gasteiger partial charge is 0.261 e. The molecule has 0 spiro atoms. The molecule has 1 fully saturated rings. The number of amides is 1. The van der Waals surface area contributed by atoms with Gasteiger partial charge in [0.05, 0.1) is 6.10 Å². The number of nitrogens with one attached hydrogen (secondary N) is 1. The molecule has 132 valence electrons. The van der Waals surface area contributed by atoms with E-state index in [1.165, 1.54) is 0 Å². The summed E-state index contributed by atoms with van der Waals surface area (Å²) in [5.41, 5.74) is 2.65. The number of likely N-dealkylation sites (tertiary alicyclic amines) is 1. The number of aromatic amines is 1. The Morgan fingerprint density at radius 3 is 2.64 bits per heavy atom. The van der Waals surface area contributed by atoms with Crippen LogP contribution >= 0.6 is 0 Å². The van der Waals surface area contributed by atoms with Crippen LogP contribution in [0.15, 0.2) is 41.2 Å². The summed E-state index contributed by atoms with van der Waals surface area (Å²) in [5.74, 6) is -0.202. The Kier molecular flexibility index (Phi) is 5.34. The SMILES string of the molecule is CCOC1CCN(C(=O)c2ccc(-c3cccc(C)c3)[nH]c2=O)CC1. The monoisotopic (exact) mass is 340 g/mol. The van der Waals surface area contributed by atoms with Gasteiger partial charge in [0.15, 0.2) is 0 Å². The highest BCUT2D eigenvalue weighted by Crippen LogP contribution is 2.18. The first-order valence-electron chi connectivity index (χ1n) is 8.79. The maximum Gasteiger partial charge on any atom is 0.261 e. The van der Waals surface area contributed by atoms with Gasteiger partial charge in [-0.1, -0.05) is 23.8 Å². The average molecular weight is 340 g/mol. The second-order valence-corrected chi connectivity index (χ2v) is 6.43. The molecule has 1 amide bonds. The van der Waals surface area contributed by atoms with Gasteiger partial charge in [-0.05, 0) is 50.5 Å². The zero-order valence-electron chi connectivity index (χ0n) is 14.7. The number of rotatable bonds is 4. The summed E-state index contributed by atoms with van der Waals surface area (Å²) in [6.07, 6.45) is 1.86. The third-order valence-corrected chi connectivity index (χ3v) is 4.60. The molecule has 0 radical (unpaired) electrons. The second kappa shape index (κ2) is 7.66. The van der Waals surface area contributed by atoms with Crippen molar-refractivity contribution in [2.45, 2.75) is 32.8 Å². The fraction of sp³-hybridized carbons (Fsp3) is 0.400. The van der Waals surface area contributed by atoms with Gasteiger partial charge in [0.25, 0.3) is 11.5 Å². The Labute approximate surface area is 147 Å². The van der Waals surface area contributed by atoms with Gasteiger partial charge in [0.1, 0.15) is 5.56 Å². The van der Waals surface area contributed by atoms with E-state index in [9.17, 15) is 9.59 Å². The molecule has 1 aliphatic rings. The Hall–Kier alpha value is -2.40. The van der Waals surface area contributed by atoms with Crippen LogP contribution in [0.25, 0.3) is 11.3 Å². The van der Waals surface area contributed by atoms with Crippen molar-refractivity contribution in [2.75, 3.05) is 19.7 Å². The zero-order valence-corrected chi connectivity index (χ0v) is 14.7. The van der Waals surface area contributed by atoms with Crippen LogP contribution in [0.2, 0.25) is 0 Å². The van der Waals surface area contributed by atoms with E-state index in [-0.39, 0.29) is 23.1 Å². The topological polar surface area (TPSA) is 62.4 Å². The maximum atomic E-state index is 12.7. The predicted molar refractivity (Wildman–Crippen MR) is 97.8 cm³/mol. The van der Waals surface area contributed by atoms with Gasteiger partial charge in [-0.25, -0.2) is 0 Å². The number of hydrogen-bond donors (Lipinski definition) is 1. The number of pyridine rings is 1. The lowest BCUT2D eigenvalue weighted by Crippen LogP contribution is -2.42. The van der Waals surface area contributed by atoms with Crippen molar-refractivity contribution in [3.05, 3.63) is 57.9 Å². The highest BCUT2D eigenvalue weighted by molar-refractivity contribution is 5.94. The third kappa shape index (κ3) is 3.99. The molecule has 0 saturated carbocycles. The molecule has 2 heterocycles. The van der Waals surface area contributed by atoms with Crippen molar-refractivity contribution in [1.82, 2.24) is 9.88 Å². The minimum atomic E-state index is -0.337. The first-order valence-corrected chi connectivity index (χ1v) is 8.79. The molecular formula is C20H24N2O3. The molecule has 5 nitrogen and oxygen atoms in total. The van der Waals surface area contributed by atoms with Crippen molar-refractivity contribution in [3.63, 3.8) is 0 Å². The van der Waals surface area contributed by atoms with Gasteiger partial charge in [-0.3, -0.25) is 9.59 Å². The van der Waals surface area contributed by atoms with Crippen molar-refractivity contribution >= 4 is 5.91 Å². The Morgan fingerprint density at radius 2 is 2.00 bits per heavy atom. The molecule has 1 saturated heterocycles. The van der Waals surface area contributed by atoms with Crippen LogP contribution in [0.5, 0.6) is 0 Å². The molecule has 5 heteroatoms. The van der Waals surface area contributed by atoms with Crippen LogP contribution in [0.1, 0.15) is 35.7 Å². The predicted octanol–water partition coefficient (Wildman–Crippen LogP) is 2.99. The van der Waals surface area contributed by atoms with E-state index in [2.05, 4.69) is 4.98 Å². The lowest BCUT2D eigenvalue weighted by atomic mass is 10.1. The van der Waals surface area contributed by atoms with Crippen molar-refractivity contribution in [3.8, 4) is 11.3 Å². The lowest BCUT2D eigenvalue weighted by Gasteiger charge is -2.31. The number of ether oxygens (including phenoxy) is 1. The Morgan fingerprint density at radius 1 is 1.24 bits per heavy atom. The summed E-state index contributed by atoms with van der Waals surface area (Å²) in [6, 6.07) is 11.3. The normalized spacial score (nSPS) is 15.4. The molecule has 0 atom stereocenters. The summed E-state index contributed by atoms with van der Waals surface area (Å²) in [4.78, 5) is 29.7. The largest absolute Gasteiger partial charge is 0.378 e. The molecule has 1 aromatic carbocycles. The van der Waals surface area contributed by atoms with E-state index in [1.54, 1.807) is 17.0 Å². The summed E-state index contributed by atoms with van der Waals surface area (Å²) in [6.45, 7) is 5.93. The number of hydrogen-bond acceptors (Lipinski definition) is 3.